The van der Waals surface area contributed by atoms with Crippen molar-refractivity contribution in [3.05, 3.63) is 12.2 Å². The van der Waals surface area contributed by atoms with Crippen molar-refractivity contribution in [2.45, 2.75) is 32.1 Å². The number of nitrogens with zero attached hydrogens (tertiary/aromatic N) is 1. The second kappa shape index (κ2) is 5.33. The maximum atomic E-state index is 12.5. The molecular formula is C16H24N2O3Si. The first kappa shape index (κ1) is 15.5. The summed E-state index contributed by atoms with van der Waals surface area (Å²) in [6.07, 6.45) is 5.05. The lowest BCUT2D eigenvalue weighted by Gasteiger charge is -2.18. The molecule has 4 atom stereocenters. The average Bonchev–Trinajstić information content (AvgIpc) is 3.07. The summed E-state index contributed by atoms with van der Waals surface area (Å²) >= 11 is 0. The fourth-order valence-electron chi connectivity index (χ4n) is 3.90. The van der Waals surface area contributed by atoms with Gasteiger partial charge in [0.15, 0.2) is 0 Å². The molecular weight excluding hydrogens is 296 g/mol. The van der Waals surface area contributed by atoms with Crippen LogP contribution in [0, 0.1) is 23.7 Å². The van der Waals surface area contributed by atoms with Crippen LogP contribution < -0.4 is 5.32 Å². The van der Waals surface area contributed by atoms with Gasteiger partial charge in [0, 0.05) is 14.6 Å². The lowest BCUT2D eigenvalue weighted by molar-refractivity contribution is -0.144. The molecule has 3 aliphatic rings. The van der Waals surface area contributed by atoms with Gasteiger partial charge in [-0.05, 0) is 24.3 Å². The number of carbonyl (C=O) groups excluding carboxylic acids is 3. The van der Waals surface area contributed by atoms with Crippen molar-refractivity contribution in [1.29, 1.82) is 0 Å². The van der Waals surface area contributed by atoms with Crippen molar-refractivity contribution in [2.24, 2.45) is 23.7 Å². The lowest BCUT2D eigenvalue weighted by atomic mass is 9.85. The van der Waals surface area contributed by atoms with Crippen molar-refractivity contribution < 1.29 is 14.4 Å². The van der Waals surface area contributed by atoms with Gasteiger partial charge in [-0.2, -0.15) is 0 Å². The molecule has 1 N–H and O–H groups in total. The molecule has 2 fully saturated rings. The molecule has 1 aliphatic heterocycles. The van der Waals surface area contributed by atoms with E-state index in [2.05, 4.69) is 37.1 Å². The zero-order chi connectivity index (χ0) is 16.1. The topological polar surface area (TPSA) is 66.5 Å². The van der Waals surface area contributed by atoms with E-state index in [9.17, 15) is 14.4 Å². The zero-order valence-electron chi connectivity index (χ0n) is 13.5. The number of hydrogen-bond donors (Lipinski definition) is 1. The van der Waals surface area contributed by atoms with E-state index in [0.717, 1.165) is 12.5 Å². The summed E-state index contributed by atoms with van der Waals surface area (Å²) in [5.41, 5.74) is 0. The SMILES string of the molecule is C[Si](C)(C)CCNC(=O)CN1C(=O)[C@@H]2[C@H](C1=O)[C@H]1C=C[C@H]2C1. The summed E-state index contributed by atoms with van der Waals surface area (Å²) in [4.78, 5) is 38.1. The van der Waals surface area contributed by atoms with Gasteiger partial charge in [0.25, 0.3) is 0 Å². The van der Waals surface area contributed by atoms with Crippen LogP contribution in [0.4, 0.5) is 0 Å². The number of likely N-dealkylation sites (tertiary alicyclic amines) is 1. The monoisotopic (exact) mass is 320 g/mol. The van der Waals surface area contributed by atoms with E-state index < -0.39 is 8.07 Å². The maximum Gasteiger partial charge on any atom is 0.240 e. The highest BCUT2D eigenvalue weighted by Crippen LogP contribution is 2.52. The number of hydrogen-bond acceptors (Lipinski definition) is 3. The van der Waals surface area contributed by atoms with E-state index in [1.165, 1.54) is 4.90 Å². The molecule has 1 saturated heterocycles. The van der Waals surface area contributed by atoms with Crippen LogP contribution in [-0.4, -0.2) is 43.8 Å². The van der Waals surface area contributed by atoms with E-state index in [4.69, 9.17) is 0 Å². The summed E-state index contributed by atoms with van der Waals surface area (Å²) in [7, 11) is -1.19. The van der Waals surface area contributed by atoms with Crippen LogP contribution in [0.1, 0.15) is 6.42 Å². The third-order valence-electron chi connectivity index (χ3n) is 5.06. The number of nitrogens with one attached hydrogen (secondary N) is 1. The van der Waals surface area contributed by atoms with E-state index in [1.807, 2.05) is 0 Å². The Hall–Kier alpha value is -1.43. The number of imide groups is 1. The van der Waals surface area contributed by atoms with Crippen LogP contribution in [0.2, 0.25) is 25.7 Å². The molecule has 5 nitrogen and oxygen atoms in total. The van der Waals surface area contributed by atoms with Crippen LogP contribution in [0.25, 0.3) is 0 Å². The lowest BCUT2D eigenvalue weighted by Crippen LogP contribution is -2.42. The summed E-state index contributed by atoms with van der Waals surface area (Å²) < 4.78 is 0. The first-order chi connectivity index (χ1) is 10.3. The van der Waals surface area contributed by atoms with Crippen molar-refractivity contribution in [2.75, 3.05) is 13.1 Å². The Labute approximate surface area is 132 Å². The number of fused-ring (bicyclic) bond motifs is 5. The molecule has 1 heterocycles. The molecule has 6 heteroatoms. The van der Waals surface area contributed by atoms with Gasteiger partial charge in [-0.1, -0.05) is 31.8 Å². The average molecular weight is 320 g/mol. The highest BCUT2D eigenvalue weighted by Gasteiger charge is 2.59. The fourth-order valence-corrected chi connectivity index (χ4v) is 4.77. The van der Waals surface area contributed by atoms with Crippen LogP contribution in [0.3, 0.4) is 0 Å². The van der Waals surface area contributed by atoms with Crippen molar-refractivity contribution in [3.8, 4) is 0 Å². The van der Waals surface area contributed by atoms with Crippen molar-refractivity contribution in [3.63, 3.8) is 0 Å². The molecule has 0 unspecified atom stereocenters. The zero-order valence-corrected chi connectivity index (χ0v) is 14.5. The van der Waals surface area contributed by atoms with Crippen LogP contribution >= 0.6 is 0 Å². The van der Waals surface area contributed by atoms with Gasteiger partial charge < -0.3 is 5.32 Å². The largest absolute Gasteiger partial charge is 0.355 e. The second-order valence-electron chi connectivity index (χ2n) is 7.92. The van der Waals surface area contributed by atoms with Crippen LogP contribution in [0.5, 0.6) is 0 Å². The first-order valence-corrected chi connectivity index (χ1v) is 11.8. The van der Waals surface area contributed by atoms with E-state index >= 15 is 0 Å². The molecule has 0 aromatic heterocycles. The molecule has 0 spiro atoms. The van der Waals surface area contributed by atoms with Gasteiger partial charge in [0.1, 0.15) is 6.54 Å². The van der Waals surface area contributed by atoms with Crippen molar-refractivity contribution >= 4 is 25.8 Å². The van der Waals surface area contributed by atoms with Crippen LogP contribution in [-0.2, 0) is 14.4 Å². The smallest absolute Gasteiger partial charge is 0.240 e. The van der Waals surface area contributed by atoms with Crippen LogP contribution in [0.15, 0.2) is 12.2 Å². The Morgan fingerprint density at radius 2 is 1.73 bits per heavy atom. The minimum Gasteiger partial charge on any atom is -0.355 e. The maximum absolute atomic E-state index is 12.5. The molecule has 0 aromatic carbocycles. The molecule has 3 rings (SSSR count). The summed E-state index contributed by atoms with van der Waals surface area (Å²) in [5.74, 6) is -0.535. The predicted molar refractivity (Wildman–Crippen MR) is 85.6 cm³/mol. The number of allylic oxidation sites excluding steroid dienone is 2. The van der Waals surface area contributed by atoms with Gasteiger partial charge >= 0.3 is 0 Å². The highest BCUT2D eigenvalue weighted by molar-refractivity contribution is 6.76. The Morgan fingerprint density at radius 3 is 2.23 bits per heavy atom. The number of amides is 3. The summed E-state index contributed by atoms with van der Waals surface area (Å²) in [6, 6.07) is 1.000. The highest BCUT2D eigenvalue weighted by atomic mass is 28.3. The minimum atomic E-state index is -1.19. The Bertz CT molecular complexity index is 522. The molecule has 2 aliphatic carbocycles. The van der Waals surface area contributed by atoms with Gasteiger partial charge in [-0.15, -0.1) is 0 Å². The Kier molecular flexibility index (Phi) is 3.75. The molecule has 0 radical (unpaired) electrons. The molecule has 3 amide bonds. The van der Waals surface area contributed by atoms with Gasteiger partial charge in [-0.25, -0.2) is 0 Å². The predicted octanol–water partition coefficient (Wildman–Crippen LogP) is 1.25. The third kappa shape index (κ3) is 2.64. The van der Waals surface area contributed by atoms with E-state index in [0.29, 0.717) is 6.54 Å². The quantitative estimate of drug-likeness (QED) is 0.471. The Balaban J connectivity index is 1.57. The molecule has 0 aromatic rings. The molecule has 120 valence electrons. The number of rotatable bonds is 5. The molecule has 2 bridgehead atoms. The fraction of sp³-hybridized carbons (Fsp3) is 0.688. The standard InChI is InChI=1S/C16H24N2O3Si/c1-22(2,3)7-6-17-12(19)9-18-15(20)13-10-4-5-11(8-10)14(13)16(18)21/h4-5,10-11,13-14H,6-9H2,1-3H3,(H,17,19)/t10-,11-,13-,14+/m0/s1. The van der Waals surface area contributed by atoms with Gasteiger partial charge in [0.2, 0.25) is 17.7 Å². The first-order valence-electron chi connectivity index (χ1n) is 8.08. The molecule has 22 heavy (non-hydrogen) atoms. The third-order valence-corrected chi connectivity index (χ3v) is 6.81. The van der Waals surface area contributed by atoms with Gasteiger partial charge in [0.05, 0.1) is 11.8 Å². The summed E-state index contributed by atoms with van der Waals surface area (Å²) in [6.45, 7) is 7.25. The van der Waals surface area contributed by atoms with Gasteiger partial charge in [-0.3, -0.25) is 19.3 Å². The normalized spacial score (nSPS) is 32.8. The van der Waals surface area contributed by atoms with Crippen molar-refractivity contribution in [1.82, 2.24) is 10.2 Å². The molecule has 1 saturated carbocycles. The minimum absolute atomic E-state index is 0.115. The van der Waals surface area contributed by atoms with E-state index in [-0.39, 0.29) is 47.9 Å². The second-order valence-corrected chi connectivity index (χ2v) is 13.5. The van der Waals surface area contributed by atoms with E-state index in [1.54, 1.807) is 0 Å². The summed E-state index contributed by atoms with van der Waals surface area (Å²) in [5, 5.41) is 2.85. The Morgan fingerprint density at radius 1 is 1.18 bits per heavy atom. The number of carbonyl (C=O) groups is 3.